The predicted octanol–water partition coefficient (Wildman–Crippen LogP) is 2.78. The molecule has 30 heavy (non-hydrogen) atoms. The molecule has 2 aromatic carbocycles. The first-order valence-electron chi connectivity index (χ1n) is 9.49. The van der Waals surface area contributed by atoms with Gasteiger partial charge in [-0.25, -0.2) is 12.8 Å². The molecule has 1 aliphatic heterocycles. The standard InChI is InChI=1S/C21H23FN2O5S/c1-14-5-9-17(10-6-14)30(27,28)24-11-3-4-19(24)21(26)29-13-20(25)23-16-8-7-15(2)18(22)12-16/h5-10,12,19H,3-4,11,13H2,1-2H3,(H,23,25)/t19-/m0/s1. The summed E-state index contributed by atoms with van der Waals surface area (Å²) in [6.07, 6.45) is 0.828. The lowest BCUT2D eigenvalue weighted by Crippen LogP contribution is -2.42. The second-order valence-electron chi connectivity index (χ2n) is 7.21. The van der Waals surface area contributed by atoms with Crippen LogP contribution in [0.4, 0.5) is 10.1 Å². The van der Waals surface area contributed by atoms with Crippen LogP contribution in [0.3, 0.4) is 0 Å². The molecule has 9 heteroatoms. The maximum Gasteiger partial charge on any atom is 0.324 e. The third-order valence-corrected chi connectivity index (χ3v) is 6.83. The number of carbonyl (C=O) groups excluding carboxylic acids is 2. The molecule has 1 amide bonds. The van der Waals surface area contributed by atoms with E-state index in [1.165, 1.54) is 30.3 Å². The van der Waals surface area contributed by atoms with Crippen molar-refractivity contribution in [3.63, 3.8) is 0 Å². The van der Waals surface area contributed by atoms with Crippen LogP contribution in [0.1, 0.15) is 24.0 Å². The number of carbonyl (C=O) groups is 2. The van der Waals surface area contributed by atoms with E-state index >= 15 is 0 Å². The van der Waals surface area contributed by atoms with Gasteiger partial charge in [-0.3, -0.25) is 9.59 Å². The number of halogens is 1. The van der Waals surface area contributed by atoms with Crippen molar-refractivity contribution < 1.29 is 27.1 Å². The molecule has 7 nitrogen and oxygen atoms in total. The Balaban J connectivity index is 1.62. The van der Waals surface area contributed by atoms with Crippen molar-refractivity contribution in [2.24, 2.45) is 0 Å². The number of esters is 1. The molecular formula is C21H23FN2O5S. The number of rotatable bonds is 6. The molecule has 3 rings (SSSR count). The first kappa shape index (κ1) is 21.9. The predicted molar refractivity (Wildman–Crippen MR) is 109 cm³/mol. The summed E-state index contributed by atoms with van der Waals surface area (Å²) >= 11 is 0. The fraction of sp³-hybridized carbons (Fsp3) is 0.333. The minimum absolute atomic E-state index is 0.104. The van der Waals surface area contributed by atoms with Crippen LogP contribution in [0.25, 0.3) is 0 Å². The van der Waals surface area contributed by atoms with Crippen molar-refractivity contribution in [3.8, 4) is 0 Å². The van der Waals surface area contributed by atoms with Gasteiger partial charge in [0.05, 0.1) is 4.90 Å². The molecule has 1 fully saturated rings. The SMILES string of the molecule is Cc1ccc(S(=O)(=O)N2CCC[C@H]2C(=O)OCC(=O)Nc2ccc(C)c(F)c2)cc1. The van der Waals surface area contributed by atoms with E-state index in [4.69, 9.17) is 4.74 Å². The van der Waals surface area contributed by atoms with Crippen molar-refractivity contribution in [1.82, 2.24) is 4.31 Å². The van der Waals surface area contributed by atoms with E-state index in [0.29, 0.717) is 18.4 Å². The Morgan fingerprint density at radius 3 is 2.53 bits per heavy atom. The number of hydrogen-bond acceptors (Lipinski definition) is 5. The van der Waals surface area contributed by atoms with E-state index in [-0.39, 0.29) is 17.1 Å². The van der Waals surface area contributed by atoms with E-state index in [9.17, 15) is 22.4 Å². The van der Waals surface area contributed by atoms with Crippen molar-refractivity contribution >= 4 is 27.6 Å². The highest BCUT2D eigenvalue weighted by molar-refractivity contribution is 7.89. The molecule has 0 saturated carbocycles. The molecule has 1 aliphatic rings. The number of nitrogens with zero attached hydrogens (tertiary/aromatic N) is 1. The van der Waals surface area contributed by atoms with E-state index in [1.807, 2.05) is 6.92 Å². The molecular weight excluding hydrogens is 411 g/mol. The average molecular weight is 434 g/mol. The van der Waals surface area contributed by atoms with Gasteiger partial charge >= 0.3 is 5.97 Å². The second kappa shape index (κ2) is 8.93. The molecule has 0 radical (unpaired) electrons. The fourth-order valence-corrected chi connectivity index (χ4v) is 4.86. The van der Waals surface area contributed by atoms with Crippen molar-refractivity contribution in [1.29, 1.82) is 0 Å². The lowest BCUT2D eigenvalue weighted by atomic mass is 10.2. The van der Waals surface area contributed by atoms with Gasteiger partial charge in [0.2, 0.25) is 10.0 Å². The van der Waals surface area contributed by atoms with Gasteiger partial charge in [-0.2, -0.15) is 4.31 Å². The minimum atomic E-state index is -3.86. The zero-order valence-corrected chi connectivity index (χ0v) is 17.5. The van der Waals surface area contributed by atoms with Crippen molar-refractivity contribution in [2.75, 3.05) is 18.5 Å². The van der Waals surface area contributed by atoms with Gasteiger partial charge in [0.25, 0.3) is 5.91 Å². The molecule has 0 unspecified atom stereocenters. The Morgan fingerprint density at radius 2 is 1.87 bits per heavy atom. The van der Waals surface area contributed by atoms with Crippen LogP contribution in [0.5, 0.6) is 0 Å². The zero-order chi connectivity index (χ0) is 21.9. The number of aryl methyl sites for hydroxylation is 2. The maximum absolute atomic E-state index is 13.6. The summed E-state index contributed by atoms with van der Waals surface area (Å²) in [4.78, 5) is 24.6. The molecule has 0 aromatic heterocycles. The van der Waals surface area contributed by atoms with Crippen LogP contribution in [0, 0.1) is 19.7 Å². The molecule has 2 aromatic rings. The number of hydrogen-bond donors (Lipinski definition) is 1. The Kier molecular flexibility index (Phi) is 6.52. The first-order chi connectivity index (χ1) is 14.2. The van der Waals surface area contributed by atoms with Crippen molar-refractivity contribution in [3.05, 3.63) is 59.4 Å². The summed E-state index contributed by atoms with van der Waals surface area (Å²) in [6, 6.07) is 9.61. The fourth-order valence-electron chi connectivity index (χ4n) is 3.21. The second-order valence-corrected chi connectivity index (χ2v) is 9.10. The van der Waals surface area contributed by atoms with Gasteiger partial charge in [0, 0.05) is 12.2 Å². The third-order valence-electron chi connectivity index (χ3n) is 4.90. The summed E-state index contributed by atoms with van der Waals surface area (Å²) in [6.45, 7) is 3.05. The summed E-state index contributed by atoms with van der Waals surface area (Å²) in [5, 5.41) is 2.44. The molecule has 1 heterocycles. The van der Waals surface area contributed by atoms with Gasteiger partial charge < -0.3 is 10.1 Å². The van der Waals surface area contributed by atoms with Gasteiger partial charge in [-0.15, -0.1) is 0 Å². The van der Waals surface area contributed by atoms with Crippen LogP contribution < -0.4 is 5.32 Å². The Labute approximate surface area is 174 Å². The van der Waals surface area contributed by atoms with E-state index < -0.39 is 40.4 Å². The Bertz CT molecular complexity index is 1050. The van der Waals surface area contributed by atoms with Gasteiger partial charge in [0.15, 0.2) is 6.61 Å². The van der Waals surface area contributed by atoms with Crippen LogP contribution in [0.2, 0.25) is 0 Å². The average Bonchev–Trinajstić information content (AvgIpc) is 3.20. The number of anilines is 1. The summed E-state index contributed by atoms with van der Waals surface area (Å²) in [7, 11) is -3.86. The number of benzene rings is 2. The monoisotopic (exact) mass is 434 g/mol. The lowest BCUT2D eigenvalue weighted by Gasteiger charge is -2.22. The van der Waals surface area contributed by atoms with Crippen LogP contribution in [-0.2, 0) is 24.3 Å². The largest absolute Gasteiger partial charge is 0.454 e. The van der Waals surface area contributed by atoms with Crippen LogP contribution in [-0.4, -0.2) is 43.8 Å². The summed E-state index contributed by atoms with van der Waals surface area (Å²) in [5.74, 6) is -1.89. The highest BCUT2D eigenvalue weighted by Gasteiger charge is 2.40. The Morgan fingerprint density at radius 1 is 1.17 bits per heavy atom. The molecule has 1 saturated heterocycles. The number of amides is 1. The van der Waals surface area contributed by atoms with Gasteiger partial charge in [-0.1, -0.05) is 23.8 Å². The lowest BCUT2D eigenvalue weighted by molar-refractivity contribution is -0.150. The first-order valence-corrected chi connectivity index (χ1v) is 10.9. The smallest absolute Gasteiger partial charge is 0.324 e. The number of sulfonamides is 1. The molecule has 0 bridgehead atoms. The normalized spacial score (nSPS) is 17.0. The van der Waals surface area contributed by atoms with E-state index in [0.717, 1.165) is 9.87 Å². The molecule has 0 aliphatic carbocycles. The van der Waals surface area contributed by atoms with E-state index in [2.05, 4.69) is 5.32 Å². The van der Waals surface area contributed by atoms with Crippen molar-refractivity contribution in [2.45, 2.75) is 37.6 Å². The third kappa shape index (κ3) is 4.85. The Hall–Kier alpha value is -2.78. The van der Waals surface area contributed by atoms with Gasteiger partial charge in [0.1, 0.15) is 11.9 Å². The quantitative estimate of drug-likeness (QED) is 0.706. The van der Waals surface area contributed by atoms with Gasteiger partial charge in [-0.05, 0) is 56.5 Å². The summed E-state index contributed by atoms with van der Waals surface area (Å²) < 4.78 is 45.5. The van der Waals surface area contributed by atoms with Crippen LogP contribution in [0.15, 0.2) is 47.4 Å². The zero-order valence-electron chi connectivity index (χ0n) is 16.7. The molecule has 1 atom stereocenters. The summed E-state index contributed by atoms with van der Waals surface area (Å²) in [5.41, 5.74) is 1.60. The molecule has 0 spiro atoms. The molecule has 1 N–H and O–H groups in total. The number of ether oxygens (including phenoxy) is 1. The maximum atomic E-state index is 13.6. The highest BCUT2D eigenvalue weighted by Crippen LogP contribution is 2.27. The highest BCUT2D eigenvalue weighted by atomic mass is 32.2. The van der Waals surface area contributed by atoms with E-state index in [1.54, 1.807) is 19.1 Å². The molecule has 160 valence electrons. The topological polar surface area (TPSA) is 92.8 Å². The number of nitrogens with one attached hydrogen (secondary N) is 1. The minimum Gasteiger partial charge on any atom is -0.454 e. The van der Waals surface area contributed by atoms with Crippen LogP contribution >= 0.6 is 0 Å².